The third-order valence-electron chi connectivity index (χ3n) is 5.06. The Labute approximate surface area is 198 Å². The smallest absolute Gasteiger partial charge is 0.343 e. The molecule has 0 fully saturated rings. The van der Waals surface area contributed by atoms with Crippen LogP contribution in [-0.2, 0) is 0 Å². The van der Waals surface area contributed by atoms with E-state index in [4.69, 9.17) is 9.47 Å². The first-order chi connectivity index (χ1) is 16.5. The molecule has 0 bridgehead atoms. The molecule has 0 spiro atoms. The number of hydrogen-bond donors (Lipinski definition) is 0. The minimum Gasteiger partial charge on any atom is -0.423 e. The fourth-order valence-corrected chi connectivity index (χ4v) is 3.07. The summed E-state index contributed by atoms with van der Waals surface area (Å²) in [6.45, 7) is 3.93. The Kier molecular flexibility index (Phi) is 6.86. The molecule has 4 nitrogen and oxygen atoms in total. The molecule has 0 aliphatic carbocycles. The van der Waals surface area contributed by atoms with Crippen molar-refractivity contribution in [2.24, 2.45) is 0 Å². The standard InChI is InChI=1S/C30H22O4/c1-21-3-13-25(14-4-21)29(31)33-27-17-9-23(10-18-27)7-8-24-11-19-28(20-12-24)34-30(32)26-15-5-22(2)6-16-26/h3-6,9-20H,1-2H3. The Balaban J connectivity index is 1.35. The number of hydrogen-bond acceptors (Lipinski definition) is 4. The average molecular weight is 447 g/mol. The molecule has 34 heavy (non-hydrogen) atoms. The molecule has 4 aromatic rings. The lowest BCUT2D eigenvalue weighted by Crippen LogP contribution is -2.08. The van der Waals surface area contributed by atoms with Crippen molar-refractivity contribution >= 4 is 11.9 Å². The summed E-state index contributed by atoms with van der Waals surface area (Å²) in [6.07, 6.45) is 0. The molecule has 0 amide bonds. The number of benzene rings is 4. The Morgan fingerprint density at radius 3 is 1.15 bits per heavy atom. The maximum Gasteiger partial charge on any atom is 0.343 e. The van der Waals surface area contributed by atoms with Crippen molar-refractivity contribution in [2.45, 2.75) is 13.8 Å². The molecule has 0 saturated heterocycles. The number of rotatable bonds is 4. The van der Waals surface area contributed by atoms with Crippen LogP contribution in [0.3, 0.4) is 0 Å². The van der Waals surface area contributed by atoms with E-state index >= 15 is 0 Å². The quantitative estimate of drug-likeness (QED) is 0.215. The second-order valence-electron chi connectivity index (χ2n) is 7.81. The van der Waals surface area contributed by atoms with Gasteiger partial charge in [-0.2, -0.15) is 0 Å². The SMILES string of the molecule is Cc1ccc(C(=O)Oc2ccc(C#Cc3ccc(OC(=O)c4ccc(C)cc4)cc3)cc2)cc1. The highest BCUT2D eigenvalue weighted by molar-refractivity contribution is 5.91. The van der Waals surface area contributed by atoms with E-state index < -0.39 is 11.9 Å². The van der Waals surface area contributed by atoms with Crippen molar-refractivity contribution in [3.63, 3.8) is 0 Å². The van der Waals surface area contributed by atoms with E-state index in [0.717, 1.165) is 22.3 Å². The second-order valence-corrected chi connectivity index (χ2v) is 7.81. The van der Waals surface area contributed by atoms with Crippen LogP contribution in [0.15, 0.2) is 97.1 Å². The van der Waals surface area contributed by atoms with Crippen LogP contribution >= 0.6 is 0 Å². The van der Waals surface area contributed by atoms with Gasteiger partial charge in [0.1, 0.15) is 11.5 Å². The summed E-state index contributed by atoms with van der Waals surface area (Å²) in [5.41, 5.74) is 4.73. The van der Waals surface area contributed by atoms with Gasteiger partial charge in [-0.25, -0.2) is 9.59 Å². The lowest BCUT2D eigenvalue weighted by atomic mass is 10.1. The van der Waals surface area contributed by atoms with Crippen LogP contribution in [0.4, 0.5) is 0 Å². The maximum atomic E-state index is 12.2. The summed E-state index contributed by atoms with van der Waals surface area (Å²) in [4.78, 5) is 24.5. The van der Waals surface area contributed by atoms with Crippen LogP contribution in [0.1, 0.15) is 43.0 Å². The molecule has 0 unspecified atom stereocenters. The van der Waals surface area contributed by atoms with Crippen LogP contribution in [0.5, 0.6) is 11.5 Å². The number of esters is 2. The average Bonchev–Trinajstić information content (AvgIpc) is 2.85. The number of ether oxygens (including phenoxy) is 2. The highest BCUT2D eigenvalue weighted by Gasteiger charge is 2.09. The summed E-state index contributed by atoms with van der Waals surface area (Å²) in [5.74, 6) is 6.25. The minimum absolute atomic E-state index is 0.401. The first-order valence-corrected chi connectivity index (χ1v) is 10.8. The van der Waals surface area contributed by atoms with E-state index in [-0.39, 0.29) is 0 Å². The molecule has 0 aliphatic heterocycles. The van der Waals surface area contributed by atoms with E-state index in [1.54, 1.807) is 72.8 Å². The zero-order valence-corrected chi connectivity index (χ0v) is 18.9. The molecule has 0 N–H and O–H groups in total. The molecular formula is C30H22O4. The van der Waals surface area contributed by atoms with E-state index in [2.05, 4.69) is 11.8 Å². The lowest BCUT2D eigenvalue weighted by Gasteiger charge is -2.05. The van der Waals surface area contributed by atoms with E-state index in [9.17, 15) is 9.59 Å². The van der Waals surface area contributed by atoms with E-state index in [0.29, 0.717) is 22.6 Å². The zero-order valence-electron chi connectivity index (χ0n) is 18.9. The Hall–Kier alpha value is -4.62. The molecule has 4 aromatic carbocycles. The minimum atomic E-state index is -0.401. The Morgan fingerprint density at radius 2 is 0.824 bits per heavy atom. The first-order valence-electron chi connectivity index (χ1n) is 10.8. The summed E-state index contributed by atoms with van der Waals surface area (Å²) in [7, 11) is 0. The normalized spacial score (nSPS) is 10.1. The number of aryl methyl sites for hydroxylation is 2. The fourth-order valence-electron chi connectivity index (χ4n) is 3.07. The predicted molar refractivity (Wildman–Crippen MR) is 131 cm³/mol. The third-order valence-corrected chi connectivity index (χ3v) is 5.06. The van der Waals surface area contributed by atoms with Crippen molar-refractivity contribution in [1.29, 1.82) is 0 Å². The van der Waals surface area contributed by atoms with Crippen LogP contribution in [0, 0.1) is 25.7 Å². The molecular weight excluding hydrogens is 424 g/mol. The van der Waals surface area contributed by atoms with Gasteiger partial charge in [0.15, 0.2) is 0 Å². The maximum absolute atomic E-state index is 12.2. The van der Waals surface area contributed by atoms with Crippen molar-refractivity contribution in [2.75, 3.05) is 0 Å². The molecule has 0 saturated carbocycles. The summed E-state index contributed by atoms with van der Waals surface area (Å²) < 4.78 is 10.8. The highest BCUT2D eigenvalue weighted by Crippen LogP contribution is 2.16. The Bertz CT molecular complexity index is 1250. The van der Waals surface area contributed by atoms with E-state index in [1.165, 1.54) is 0 Å². The van der Waals surface area contributed by atoms with Gasteiger partial charge in [0.25, 0.3) is 0 Å². The summed E-state index contributed by atoms with van der Waals surface area (Å²) >= 11 is 0. The highest BCUT2D eigenvalue weighted by atomic mass is 16.5. The molecule has 0 atom stereocenters. The van der Waals surface area contributed by atoms with Gasteiger partial charge in [-0.05, 0) is 86.6 Å². The zero-order chi connectivity index (χ0) is 23.9. The van der Waals surface area contributed by atoms with Gasteiger partial charge in [-0.1, -0.05) is 47.2 Å². The van der Waals surface area contributed by atoms with Gasteiger partial charge in [0, 0.05) is 11.1 Å². The lowest BCUT2D eigenvalue weighted by molar-refractivity contribution is 0.0725. The molecule has 166 valence electrons. The van der Waals surface area contributed by atoms with Gasteiger partial charge < -0.3 is 9.47 Å². The van der Waals surface area contributed by atoms with Gasteiger partial charge in [-0.15, -0.1) is 0 Å². The monoisotopic (exact) mass is 446 g/mol. The predicted octanol–water partition coefficient (Wildman–Crippen LogP) is 6.14. The molecule has 0 heterocycles. The molecule has 0 aliphatic rings. The van der Waals surface area contributed by atoms with Crippen LogP contribution in [0.25, 0.3) is 0 Å². The van der Waals surface area contributed by atoms with Gasteiger partial charge in [0.2, 0.25) is 0 Å². The third kappa shape index (κ3) is 5.99. The molecule has 0 aromatic heterocycles. The van der Waals surface area contributed by atoms with Crippen LogP contribution in [0.2, 0.25) is 0 Å². The van der Waals surface area contributed by atoms with Gasteiger partial charge in [0.05, 0.1) is 11.1 Å². The van der Waals surface area contributed by atoms with Crippen molar-refractivity contribution in [1.82, 2.24) is 0 Å². The van der Waals surface area contributed by atoms with Crippen molar-refractivity contribution in [3.8, 4) is 23.3 Å². The van der Waals surface area contributed by atoms with Crippen LogP contribution in [-0.4, -0.2) is 11.9 Å². The number of carbonyl (C=O) groups is 2. The van der Waals surface area contributed by atoms with Crippen molar-refractivity contribution in [3.05, 3.63) is 130 Å². The summed E-state index contributed by atoms with van der Waals surface area (Å²) in [6, 6.07) is 28.5. The molecule has 4 heteroatoms. The van der Waals surface area contributed by atoms with Crippen LogP contribution < -0.4 is 9.47 Å². The van der Waals surface area contributed by atoms with Gasteiger partial charge in [-0.3, -0.25) is 0 Å². The topological polar surface area (TPSA) is 52.6 Å². The van der Waals surface area contributed by atoms with Crippen molar-refractivity contribution < 1.29 is 19.1 Å². The van der Waals surface area contributed by atoms with Gasteiger partial charge >= 0.3 is 11.9 Å². The first kappa shape index (κ1) is 22.6. The molecule has 4 rings (SSSR count). The Morgan fingerprint density at radius 1 is 0.500 bits per heavy atom. The number of carbonyl (C=O) groups excluding carboxylic acids is 2. The fraction of sp³-hybridized carbons (Fsp3) is 0.0667. The second kappa shape index (κ2) is 10.3. The molecule has 0 radical (unpaired) electrons. The largest absolute Gasteiger partial charge is 0.423 e. The van der Waals surface area contributed by atoms with E-state index in [1.807, 2.05) is 38.1 Å². The summed E-state index contributed by atoms with van der Waals surface area (Å²) in [5, 5.41) is 0.